The number of fused-ring (bicyclic) bond motifs is 1. The summed E-state index contributed by atoms with van der Waals surface area (Å²) in [5.41, 5.74) is 0. The average molecular weight is 267 g/mol. The minimum atomic E-state index is 0.0747. The normalized spacial score (nSPS) is 32.9. The molecular formula is C14H25N3O2. The predicted octanol–water partition coefficient (Wildman–Crippen LogP) is 0.0616. The fourth-order valence-electron chi connectivity index (χ4n) is 3.46. The molecule has 0 aromatic carbocycles. The summed E-state index contributed by atoms with van der Waals surface area (Å²) in [7, 11) is 0. The zero-order valence-corrected chi connectivity index (χ0v) is 11.6. The number of rotatable bonds is 2. The maximum absolute atomic E-state index is 12.3. The smallest absolute Gasteiger partial charge is 0.225 e. The first kappa shape index (κ1) is 13.3. The second-order valence-electron chi connectivity index (χ2n) is 5.93. The average Bonchev–Trinajstić information content (AvgIpc) is 2.48. The van der Waals surface area contributed by atoms with E-state index in [0.717, 1.165) is 39.3 Å². The van der Waals surface area contributed by atoms with Gasteiger partial charge >= 0.3 is 0 Å². The quantitative estimate of drug-likeness (QED) is 0.768. The Morgan fingerprint density at radius 2 is 2.21 bits per heavy atom. The van der Waals surface area contributed by atoms with Crippen molar-refractivity contribution in [3.63, 3.8) is 0 Å². The fraction of sp³-hybridized carbons (Fsp3) is 0.929. The van der Waals surface area contributed by atoms with E-state index in [1.165, 1.54) is 25.8 Å². The van der Waals surface area contributed by atoms with Gasteiger partial charge in [0.1, 0.15) is 0 Å². The summed E-state index contributed by atoms with van der Waals surface area (Å²) in [6.07, 6.45) is 4.52. The van der Waals surface area contributed by atoms with Crippen molar-refractivity contribution in [2.45, 2.75) is 37.8 Å². The van der Waals surface area contributed by atoms with Crippen molar-refractivity contribution in [2.24, 2.45) is 0 Å². The van der Waals surface area contributed by atoms with Crippen LogP contribution in [0.3, 0.4) is 0 Å². The summed E-state index contributed by atoms with van der Waals surface area (Å²) in [4.78, 5) is 17.0. The number of carbonyl (C=O) groups excluding carboxylic acids is 1. The molecule has 3 rings (SSSR count). The molecular weight excluding hydrogens is 242 g/mol. The van der Waals surface area contributed by atoms with E-state index in [9.17, 15) is 4.79 Å². The van der Waals surface area contributed by atoms with Crippen molar-refractivity contribution in [2.75, 3.05) is 45.9 Å². The van der Waals surface area contributed by atoms with E-state index in [-0.39, 0.29) is 12.0 Å². The SMILES string of the molecule is O=C(CC1CNCCO1)N1CCN2CCCCC2C1. The minimum Gasteiger partial charge on any atom is -0.375 e. The van der Waals surface area contributed by atoms with Gasteiger partial charge in [-0.1, -0.05) is 6.42 Å². The van der Waals surface area contributed by atoms with Crippen molar-refractivity contribution in [1.82, 2.24) is 15.1 Å². The first-order chi connectivity index (χ1) is 9.33. The van der Waals surface area contributed by atoms with E-state index < -0.39 is 0 Å². The molecule has 3 heterocycles. The third-order valence-corrected chi connectivity index (χ3v) is 4.60. The molecule has 3 aliphatic heterocycles. The van der Waals surface area contributed by atoms with Gasteiger partial charge in [-0.05, 0) is 19.4 Å². The first-order valence-electron chi connectivity index (χ1n) is 7.67. The Labute approximate surface area is 115 Å². The van der Waals surface area contributed by atoms with Gasteiger partial charge in [-0.2, -0.15) is 0 Å². The van der Waals surface area contributed by atoms with Crippen LogP contribution < -0.4 is 5.32 Å². The zero-order chi connectivity index (χ0) is 13.1. The molecule has 3 saturated heterocycles. The Bertz CT molecular complexity index is 318. The molecule has 3 aliphatic rings. The second-order valence-corrected chi connectivity index (χ2v) is 5.93. The van der Waals surface area contributed by atoms with Gasteiger partial charge in [0.2, 0.25) is 5.91 Å². The van der Waals surface area contributed by atoms with Crippen LogP contribution in [0.25, 0.3) is 0 Å². The van der Waals surface area contributed by atoms with E-state index >= 15 is 0 Å². The lowest BCUT2D eigenvalue weighted by Gasteiger charge is -2.44. The highest BCUT2D eigenvalue weighted by atomic mass is 16.5. The van der Waals surface area contributed by atoms with Gasteiger partial charge in [0.25, 0.3) is 0 Å². The fourth-order valence-corrected chi connectivity index (χ4v) is 3.46. The van der Waals surface area contributed by atoms with Gasteiger partial charge in [0.05, 0.1) is 19.1 Å². The number of hydrogen-bond acceptors (Lipinski definition) is 4. The minimum absolute atomic E-state index is 0.0747. The van der Waals surface area contributed by atoms with Crippen molar-refractivity contribution in [3.05, 3.63) is 0 Å². The molecule has 2 unspecified atom stereocenters. The van der Waals surface area contributed by atoms with Gasteiger partial charge in [0, 0.05) is 38.8 Å². The zero-order valence-electron chi connectivity index (χ0n) is 11.6. The van der Waals surface area contributed by atoms with Gasteiger partial charge in [-0.25, -0.2) is 0 Å². The number of piperidine rings is 1. The number of nitrogens with one attached hydrogen (secondary N) is 1. The lowest BCUT2D eigenvalue weighted by Crippen LogP contribution is -2.56. The van der Waals surface area contributed by atoms with Crippen LogP contribution in [0.5, 0.6) is 0 Å². The molecule has 5 heteroatoms. The van der Waals surface area contributed by atoms with Crippen LogP contribution in [0.2, 0.25) is 0 Å². The van der Waals surface area contributed by atoms with Crippen LogP contribution in [-0.4, -0.2) is 73.7 Å². The molecule has 19 heavy (non-hydrogen) atoms. The summed E-state index contributed by atoms with van der Waals surface area (Å²) in [5, 5.41) is 3.28. The summed E-state index contributed by atoms with van der Waals surface area (Å²) in [5.74, 6) is 0.277. The summed E-state index contributed by atoms with van der Waals surface area (Å²) < 4.78 is 5.63. The third-order valence-electron chi connectivity index (χ3n) is 4.60. The molecule has 0 spiro atoms. The Balaban J connectivity index is 1.49. The van der Waals surface area contributed by atoms with Crippen LogP contribution in [0.1, 0.15) is 25.7 Å². The molecule has 0 bridgehead atoms. The van der Waals surface area contributed by atoms with Crippen molar-refractivity contribution >= 4 is 5.91 Å². The standard InChI is InChI=1S/C14H25N3O2/c18-14(9-13-10-15-4-8-19-13)17-7-6-16-5-2-1-3-12(16)11-17/h12-13,15H,1-11H2. The number of ether oxygens (including phenoxy) is 1. The lowest BCUT2D eigenvalue weighted by molar-refractivity contribution is -0.138. The van der Waals surface area contributed by atoms with Crippen molar-refractivity contribution in [3.8, 4) is 0 Å². The summed E-state index contributed by atoms with van der Waals surface area (Å²) in [6, 6.07) is 0.608. The van der Waals surface area contributed by atoms with E-state index in [1.807, 2.05) is 0 Å². The molecule has 5 nitrogen and oxygen atoms in total. The molecule has 0 aromatic heterocycles. The van der Waals surface area contributed by atoms with Gasteiger partial charge < -0.3 is 15.0 Å². The van der Waals surface area contributed by atoms with Gasteiger partial charge in [-0.3, -0.25) is 9.69 Å². The third kappa shape index (κ3) is 3.27. The Morgan fingerprint density at radius 1 is 1.26 bits per heavy atom. The monoisotopic (exact) mass is 267 g/mol. The summed E-state index contributed by atoms with van der Waals surface area (Å²) >= 11 is 0. The van der Waals surface area contributed by atoms with E-state index in [4.69, 9.17) is 4.74 Å². The molecule has 0 aromatic rings. The Morgan fingerprint density at radius 3 is 3.05 bits per heavy atom. The van der Waals surface area contributed by atoms with Crippen LogP contribution in [0.15, 0.2) is 0 Å². The van der Waals surface area contributed by atoms with Crippen LogP contribution in [0.4, 0.5) is 0 Å². The van der Waals surface area contributed by atoms with Crippen molar-refractivity contribution < 1.29 is 9.53 Å². The molecule has 0 saturated carbocycles. The lowest BCUT2D eigenvalue weighted by atomic mass is 9.99. The molecule has 108 valence electrons. The predicted molar refractivity (Wildman–Crippen MR) is 73.0 cm³/mol. The van der Waals surface area contributed by atoms with Crippen LogP contribution in [-0.2, 0) is 9.53 Å². The number of amides is 1. The molecule has 1 amide bonds. The number of nitrogens with zero attached hydrogens (tertiary/aromatic N) is 2. The molecule has 0 radical (unpaired) electrons. The van der Waals surface area contributed by atoms with E-state index in [1.54, 1.807) is 0 Å². The highest BCUT2D eigenvalue weighted by molar-refractivity contribution is 5.77. The highest BCUT2D eigenvalue weighted by Crippen LogP contribution is 2.21. The molecule has 0 aliphatic carbocycles. The number of hydrogen-bond donors (Lipinski definition) is 1. The highest BCUT2D eigenvalue weighted by Gasteiger charge is 2.31. The number of morpholine rings is 1. The maximum atomic E-state index is 12.3. The van der Waals surface area contributed by atoms with Gasteiger partial charge in [0.15, 0.2) is 0 Å². The maximum Gasteiger partial charge on any atom is 0.225 e. The van der Waals surface area contributed by atoms with E-state index in [2.05, 4.69) is 15.1 Å². The summed E-state index contributed by atoms with van der Waals surface area (Å²) in [6.45, 7) is 6.56. The van der Waals surface area contributed by atoms with E-state index in [0.29, 0.717) is 12.5 Å². The topological polar surface area (TPSA) is 44.8 Å². The van der Waals surface area contributed by atoms with Crippen LogP contribution >= 0.6 is 0 Å². The molecule has 2 atom stereocenters. The van der Waals surface area contributed by atoms with Crippen molar-refractivity contribution in [1.29, 1.82) is 0 Å². The first-order valence-corrected chi connectivity index (χ1v) is 7.67. The number of piperazine rings is 1. The Kier molecular flexibility index (Phi) is 4.35. The largest absolute Gasteiger partial charge is 0.375 e. The Hall–Kier alpha value is -0.650. The van der Waals surface area contributed by atoms with Crippen LogP contribution in [0, 0.1) is 0 Å². The molecule has 3 fully saturated rings. The molecule has 1 N–H and O–H groups in total. The number of carbonyl (C=O) groups is 1. The second kappa shape index (κ2) is 6.20. The van der Waals surface area contributed by atoms with Gasteiger partial charge in [-0.15, -0.1) is 0 Å².